The average Bonchev–Trinajstić information content (AvgIpc) is 2.05. The van der Waals surface area contributed by atoms with Crippen LogP contribution in [0.1, 0.15) is 25.5 Å². The quantitative estimate of drug-likeness (QED) is 0.700. The van der Waals surface area contributed by atoms with Crippen LogP contribution in [0.5, 0.6) is 0 Å². The smallest absolute Gasteiger partial charge is 0.0811 e. The van der Waals surface area contributed by atoms with Gasteiger partial charge in [0.25, 0.3) is 0 Å². The van der Waals surface area contributed by atoms with Crippen LogP contribution < -0.4 is 0 Å². The van der Waals surface area contributed by atoms with E-state index in [0.29, 0.717) is 6.61 Å². The van der Waals surface area contributed by atoms with Crippen LogP contribution in [0.3, 0.4) is 0 Å². The topological polar surface area (TPSA) is 9.23 Å². The fourth-order valence-electron chi connectivity index (χ4n) is 1.14. The van der Waals surface area contributed by atoms with Crippen LogP contribution in [0.4, 0.5) is 0 Å². The number of benzene rings is 1. The van der Waals surface area contributed by atoms with Gasteiger partial charge in [0.1, 0.15) is 0 Å². The van der Waals surface area contributed by atoms with E-state index in [2.05, 4.69) is 0 Å². The van der Waals surface area contributed by atoms with Gasteiger partial charge in [-0.05, 0) is 25.5 Å². The van der Waals surface area contributed by atoms with Crippen molar-refractivity contribution in [2.75, 3.05) is 6.61 Å². The van der Waals surface area contributed by atoms with E-state index in [1.807, 2.05) is 38.1 Å². The molecule has 0 aliphatic heterocycles. The van der Waals surface area contributed by atoms with Gasteiger partial charge in [0.15, 0.2) is 0 Å². The highest BCUT2D eigenvalue weighted by Crippen LogP contribution is 2.24. The summed E-state index contributed by atoms with van der Waals surface area (Å²) in [6, 6.07) is 7.76. The number of ether oxygens (including phenoxy) is 1. The van der Waals surface area contributed by atoms with Gasteiger partial charge in [0.2, 0.25) is 0 Å². The first-order valence-corrected chi connectivity index (χ1v) is 4.49. The van der Waals surface area contributed by atoms with Gasteiger partial charge in [-0.2, -0.15) is 0 Å². The van der Waals surface area contributed by atoms with Gasteiger partial charge in [-0.15, -0.1) is 0 Å². The van der Waals surface area contributed by atoms with Crippen molar-refractivity contribution in [1.29, 1.82) is 0 Å². The van der Waals surface area contributed by atoms with Crippen LogP contribution in [0.2, 0.25) is 5.02 Å². The summed E-state index contributed by atoms with van der Waals surface area (Å²) >= 11 is 5.97. The standard InChI is InChI=1S/C10H13ClO/c1-3-12-8(2)9-6-4-5-7-10(9)11/h4-8H,3H2,1-2H3/t8-/m1/s1. The molecule has 0 saturated heterocycles. The Morgan fingerprint density at radius 1 is 1.42 bits per heavy atom. The number of rotatable bonds is 3. The van der Waals surface area contributed by atoms with Crippen LogP contribution in [-0.4, -0.2) is 6.61 Å². The Kier molecular flexibility index (Phi) is 3.57. The maximum absolute atomic E-state index is 5.97. The highest BCUT2D eigenvalue weighted by Gasteiger charge is 2.07. The second kappa shape index (κ2) is 4.48. The van der Waals surface area contributed by atoms with Crippen LogP contribution >= 0.6 is 11.6 Å². The molecule has 0 unspecified atom stereocenters. The molecule has 0 aliphatic carbocycles. The van der Waals surface area contributed by atoms with Crippen molar-refractivity contribution >= 4 is 11.6 Å². The number of hydrogen-bond donors (Lipinski definition) is 0. The predicted octanol–water partition coefficient (Wildman–Crippen LogP) is 3.44. The van der Waals surface area contributed by atoms with Gasteiger partial charge in [-0.1, -0.05) is 29.8 Å². The van der Waals surface area contributed by atoms with E-state index in [-0.39, 0.29) is 6.10 Å². The molecule has 0 fully saturated rings. The zero-order valence-electron chi connectivity index (χ0n) is 7.38. The fraction of sp³-hybridized carbons (Fsp3) is 0.400. The molecule has 0 aliphatic rings. The van der Waals surface area contributed by atoms with Crippen molar-refractivity contribution < 1.29 is 4.74 Å². The Bertz CT molecular complexity index is 247. The average molecular weight is 185 g/mol. The minimum atomic E-state index is 0.0868. The van der Waals surface area contributed by atoms with Crippen LogP contribution in [0.15, 0.2) is 24.3 Å². The van der Waals surface area contributed by atoms with E-state index in [9.17, 15) is 0 Å². The first kappa shape index (κ1) is 9.56. The summed E-state index contributed by atoms with van der Waals surface area (Å²) in [5, 5.41) is 0.776. The van der Waals surface area contributed by atoms with Crippen molar-refractivity contribution in [3.8, 4) is 0 Å². The van der Waals surface area contributed by atoms with E-state index in [1.54, 1.807) is 0 Å². The maximum Gasteiger partial charge on any atom is 0.0811 e. The molecule has 1 atom stereocenters. The molecule has 0 amide bonds. The van der Waals surface area contributed by atoms with Crippen molar-refractivity contribution in [1.82, 2.24) is 0 Å². The normalized spacial score (nSPS) is 12.9. The SMILES string of the molecule is CCO[C@H](C)c1ccccc1Cl. The number of halogens is 1. The Hall–Kier alpha value is -0.530. The molecule has 0 aromatic heterocycles. The lowest BCUT2D eigenvalue weighted by Crippen LogP contribution is -1.99. The second-order valence-electron chi connectivity index (χ2n) is 2.62. The summed E-state index contributed by atoms with van der Waals surface area (Å²) in [5.41, 5.74) is 1.06. The summed E-state index contributed by atoms with van der Waals surface area (Å²) in [7, 11) is 0. The van der Waals surface area contributed by atoms with Crippen molar-refractivity contribution in [2.24, 2.45) is 0 Å². The summed E-state index contributed by atoms with van der Waals surface area (Å²) in [6.45, 7) is 4.70. The molecule has 12 heavy (non-hydrogen) atoms. The zero-order chi connectivity index (χ0) is 8.97. The highest BCUT2D eigenvalue weighted by molar-refractivity contribution is 6.31. The van der Waals surface area contributed by atoms with Gasteiger partial charge in [0.05, 0.1) is 6.10 Å². The zero-order valence-corrected chi connectivity index (χ0v) is 8.14. The minimum Gasteiger partial charge on any atom is -0.374 e. The molecular weight excluding hydrogens is 172 g/mol. The third-order valence-corrected chi connectivity index (χ3v) is 2.10. The molecule has 0 N–H and O–H groups in total. The summed E-state index contributed by atoms with van der Waals surface area (Å²) in [5.74, 6) is 0. The highest BCUT2D eigenvalue weighted by atomic mass is 35.5. The van der Waals surface area contributed by atoms with Crippen LogP contribution in [0.25, 0.3) is 0 Å². The van der Waals surface area contributed by atoms with Crippen molar-refractivity contribution in [3.63, 3.8) is 0 Å². The second-order valence-corrected chi connectivity index (χ2v) is 3.03. The monoisotopic (exact) mass is 184 g/mol. The molecule has 1 rings (SSSR count). The molecular formula is C10H13ClO. The summed E-state index contributed by atoms with van der Waals surface area (Å²) in [4.78, 5) is 0. The van der Waals surface area contributed by atoms with Gasteiger partial charge >= 0.3 is 0 Å². The maximum atomic E-state index is 5.97. The van der Waals surface area contributed by atoms with Gasteiger partial charge in [-0.3, -0.25) is 0 Å². The molecule has 66 valence electrons. The fourth-order valence-corrected chi connectivity index (χ4v) is 1.43. The van der Waals surface area contributed by atoms with E-state index in [4.69, 9.17) is 16.3 Å². The van der Waals surface area contributed by atoms with Gasteiger partial charge < -0.3 is 4.74 Å². The minimum absolute atomic E-state index is 0.0868. The van der Waals surface area contributed by atoms with Gasteiger partial charge in [-0.25, -0.2) is 0 Å². The molecule has 0 saturated carbocycles. The number of hydrogen-bond acceptors (Lipinski definition) is 1. The Morgan fingerprint density at radius 2 is 2.08 bits per heavy atom. The van der Waals surface area contributed by atoms with Crippen LogP contribution in [-0.2, 0) is 4.74 Å². The summed E-state index contributed by atoms with van der Waals surface area (Å²) < 4.78 is 5.42. The third kappa shape index (κ3) is 2.23. The lowest BCUT2D eigenvalue weighted by Gasteiger charge is -2.12. The molecule has 1 aromatic carbocycles. The molecule has 1 nitrogen and oxygen atoms in total. The van der Waals surface area contributed by atoms with E-state index in [1.165, 1.54) is 0 Å². The first-order valence-electron chi connectivity index (χ1n) is 4.11. The Morgan fingerprint density at radius 3 is 2.67 bits per heavy atom. The summed E-state index contributed by atoms with van der Waals surface area (Å²) in [6.07, 6.45) is 0.0868. The molecule has 2 heteroatoms. The molecule has 1 aromatic rings. The third-order valence-electron chi connectivity index (χ3n) is 1.76. The van der Waals surface area contributed by atoms with Crippen LogP contribution in [0, 0.1) is 0 Å². The molecule has 0 bridgehead atoms. The van der Waals surface area contributed by atoms with E-state index >= 15 is 0 Å². The molecule has 0 radical (unpaired) electrons. The lowest BCUT2D eigenvalue weighted by atomic mass is 10.1. The predicted molar refractivity (Wildman–Crippen MR) is 51.5 cm³/mol. The van der Waals surface area contributed by atoms with Crippen molar-refractivity contribution in [3.05, 3.63) is 34.9 Å². The Balaban J connectivity index is 2.79. The first-order chi connectivity index (χ1) is 5.75. The van der Waals surface area contributed by atoms with E-state index < -0.39 is 0 Å². The molecule has 0 heterocycles. The lowest BCUT2D eigenvalue weighted by molar-refractivity contribution is 0.0765. The van der Waals surface area contributed by atoms with Gasteiger partial charge in [0, 0.05) is 11.6 Å². The Labute approximate surface area is 78.3 Å². The van der Waals surface area contributed by atoms with Crippen molar-refractivity contribution in [2.45, 2.75) is 20.0 Å². The molecule has 0 spiro atoms. The van der Waals surface area contributed by atoms with E-state index in [0.717, 1.165) is 10.6 Å². The largest absolute Gasteiger partial charge is 0.374 e.